The van der Waals surface area contributed by atoms with E-state index in [0.29, 0.717) is 5.02 Å². The second kappa shape index (κ2) is 4.06. The first kappa shape index (κ1) is 10.5. The van der Waals surface area contributed by atoms with Crippen LogP contribution in [0.2, 0.25) is 5.02 Å². The van der Waals surface area contributed by atoms with Crippen LogP contribution in [0.3, 0.4) is 0 Å². The molecule has 0 fully saturated rings. The highest BCUT2D eigenvalue weighted by Gasteiger charge is 2.11. The Morgan fingerprint density at radius 1 is 1.31 bits per heavy atom. The lowest BCUT2D eigenvalue weighted by atomic mass is 10.4. The Kier molecular flexibility index (Phi) is 3.27. The fourth-order valence-electron chi connectivity index (χ4n) is 0.782. The number of aliphatic hydroxyl groups excluding tert-OH is 1. The second-order valence-corrected chi connectivity index (χ2v) is 4.46. The zero-order valence-corrected chi connectivity index (χ0v) is 8.14. The van der Waals surface area contributed by atoms with Gasteiger partial charge in [-0.25, -0.2) is 8.42 Å². The number of aliphatic hydroxyl groups is 1. The van der Waals surface area contributed by atoms with Crippen LogP contribution in [0, 0.1) is 0 Å². The molecule has 1 aromatic carbocycles. The van der Waals surface area contributed by atoms with E-state index >= 15 is 0 Å². The highest BCUT2D eigenvalue weighted by Crippen LogP contribution is 2.13. The molecule has 0 atom stereocenters. The largest absolute Gasteiger partial charge is 0.380 e. The smallest absolute Gasteiger partial charge is 0.242 e. The topological polar surface area (TPSA) is 66.4 Å². The number of nitrogens with one attached hydrogen (secondary N) is 1. The number of hydrogen-bond donors (Lipinski definition) is 2. The van der Waals surface area contributed by atoms with E-state index in [4.69, 9.17) is 16.7 Å². The lowest BCUT2D eigenvalue weighted by Gasteiger charge is -2.02. The van der Waals surface area contributed by atoms with Crippen molar-refractivity contribution in [3.05, 3.63) is 29.3 Å². The summed E-state index contributed by atoms with van der Waals surface area (Å²) in [5.41, 5.74) is 0. The summed E-state index contributed by atoms with van der Waals surface area (Å²) >= 11 is 5.57. The minimum absolute atomic E-state index is 0.0750. The fraction of sp³-hybridized carbons (Fsp3) is 0.143. The van der Waals surface area contributed by atoms with Crippen LogP contribution in [0.1, 0.15) is 0 Å². The van der Waals surface area contributed by atoms with Crippen molar-refractivity contribution >= 4 is 21.6 Å². The maximum absolute atomic E-state index is 11.2. The number of hydrogen-bond acceptors (Lipinski definition) is 3. The second-order valence-electron chi connectivity index (χ2n) is 2.26. The van der Waals surface area contributed by atoms with Gasteiger partial charge in [-0.2, -0.15) is 4.72 Å². The summed E-state index contributed by atoms with van der Waals surface area (Å²) in [4.78, 5) is 0.0750. The first-order chi connectivity index (χ1) is 6.06. The zero-order chi connectivity index (χ0) is 9.90. The molecule has 0 aliphatic carbocycles. The molecule has 0 heterocycles. The van der Waals surface area contributed by atoms with Gasteiger partial charge in [0.2, 0.25) is 10.0 Å². The first-order valence-electron chi connectivity index (χ1n) is 3.42. The molecule has 2 N–H and O–H groups in total. The maximum atomic E-state index is 11.2. The summed E-state index contributed by atoms with van der Waals surface area (Å²) in [5, 5.41) is 8.86. The SMILES string of the molecule is O=S(=O)(NCO)c1ccc(Cl)cc1. The predicted octanol–water partition coefficient (Wildman–Crippen LogP) is 0.568. The van der Waals surface area contributed by atoms with Crippen LogP contribution in [0.25, 0.3) is 0 Å². The Labute approximate surface area is 81.2 Å². The lowest BCUT2D eigenvalue weighted by Crippen LogP contribution is -2.24. The summed E-state index contributed by atoms with van der Waals surface area (Å²) in [6.07, 6.45) is 0. The Balaban J connectivity index is 3.02. The van der Waals surface area contributed by atoms with Gasteiger partial charge in [-0.05, 0) is 24.3 Å². The van der Waals surface area contributed by atoms with E-state index < -0.39 is 16.8 Å². The molecular formula is C7H8ClNO3S. The average molecular weight is 222 g/mol. The summed E-state index contributed by atoms with van der Waals surface area (Å²) in [5.74, 6) is 0. The third kappa shape index (κ3) is 2.67. The molecule has 72 valence electrons. The minimum atomic E-state index is -3.59. The summed E-state index contributed by atoms with van der Waals surface area (Å²) in [7, 11) is -3.59. The Bertz CT molecular complexity index is 373. The summed E-state index contributed by atoms with van der Waals surface area (Å²) in [6, 6.07) is 5.65. The maximum Gasteiger partial charge on any atom is 0.242 e. The molecule has 0 bridgehead atoms. The minimum Gasteiger partial charge on any atom is -0.380 e. The van der Waals surface area contributed by atoms with Gasteiger partial charge in [-0.1, -0.05) is 11.6 Å². The van der Waals surface area contributed by atoms with Crippen LogP contribution in [-0.4, -0.2) is 20.3 Å². The van der Waals surface area contributed by atoms with Crippen molar-refractivity contribution in [1.82, 2.24) is 4.72 Å². The van der Waals surface area contributed by atoms with E-state index in [1.807, 2.05) is 4.72 Å². The van der Waals surface area contributed by atoms with E-state index in [2.05, 4.69) is 0 Å². The monoisotopic (exact) mass is 221 g/mol. The van der Waals surface area contributed by atoms with Gasteiger partial charge in [0.05, 0.1) is 4.90 Å². The Morgan fingerprint density at radius 3 is 2.31 bits per heavy atom. The van der Waals surface area contributed by atoms with E-state index in [-0.39, 0.29) is 4.90 Å². The summed E-state index contributed by atoms with van der Waals surface area (Å²) < 4.78 is 24.4. The van der Waals surface area contributed by atoms with Gasteiger partial charge in [0, 0.05) is 5.02 Å². The third-order valence-electron chi connectivity index (χ3n) is 1.38. The number of sulfonamides is 1. The summed E-state index contributed by atoms with van der Waals surface area (Å²) in [6.45, 7) is -0.620. The average Bonchev–Trinajstić information content (AvgIpc) is 2.05. The Hall–Kier alpha value is -0.620. The van der Waals surface area contributed by atoms with Crippen LogP contribution < -0.4 is 4.72 Å². The first-order valence-corrected chi connectivity index (χ1v) is 5.28. The fourth-order valence-corrected chi connectivity index (χ4v) is 1.74. The van der Waals surface area contributed by atoms with Crippen molar-refractivity contribution in [2.75, 3.05) is 6.73 Å². The molecule has 0 amide bonds. The van der Waals surface area contributed by atoms with Gasteiger partial charge in [0.15, 0.2) is 0 Å². The van der Waals surface area contributed by atoms with Crippen LogP contribution in [-0.2, 0) is 10.0 Å². The standard InChI is InChI=1S/C7H8ClNO3S/c8-6-1-3-7(4-2-6)13(11,12)9-5-10/h1-4,9-10H,5H2. The van der Waals surface area contributed by atoms with Crippen LogP contribution in [0.15, 0.2) is 29.2 Å². The van der Waals surface area contributed by atoms with Crippen molar-refractivity contribution in [1.29, 1.82) is 0 Å². The highest BCUT2D eigenvalue weighted by atomic mass is 35.5. The molecule has 0 saturated heterocycles. The normalized spacial score (nSPS) is 11.5. The van der Waals surface area contributed by atoms with Crippen molar-refractivity contribution < 1.29 is 13.5 Å². The number of rotatable bonds is 3. The molecule has 4 nitrogen and oxygen atoms in total. The molecule has 0 aliphatic rings. The molecule has 0 aromatic heterocycles. The van der Waals surface area contributed by atoms with Crippen LogP contribution in [0.4, 0.5) is 0 Å². The van der Waals surface area contributed by atoms with E-state index in [9.17, 15) is 8.42 Å². The zero-order valence-electron chi connectivity index (χ0n) is 6.57. The van der Waals surface area contributed by atoms with E-state index in [0.717, 1.165) is 0 Å². The predicted molar refractivity (Wildman–Crippen MR) is 48.9 cm³/mol. The van der Waals surface area contributed by atoms with Crippen molar-refractivity contribution in [3.63, 3.8) is 0 Å². The molecule has 1 rings (SSSR count). The molecular weight excluding hydrogens is 214 g/mol. The van der Waals surface area contributed by atoms with Crippen molar-refractivity contribution in [2.45, 2.75) is 4.90 Å². The van der Waals surface area contributed by atoms with E-state index in [1.165, 1.54) is 24.3 Å². The molecule has 13 heavy (non-hydrogen) atoms. The number of halogens is 1. The lowest BCUT2D eigenvalue weighted by molar-refractivity contribution is 0.288. The molecule has 0 unspecified atom stereocenters. The van der Waals surface area contributed by atoms with E-state index in [1.54, 1.807) is 0 Å². The van der Waals surface area contributed by atoms with Crippen molar-refractivity contribution in [3.8, 4) is 0 Å². The molecule has 6 heteroatoms. The van der Waals surface area contributed by atoms with Crippen LogP contribution in [0.5, 0.6) is 0 Å². The Morgan fingerprint density at radius 2 is 1.85 bits per heavy atom. The third-order valence-corrected chi connectivity index (χ3v) is 3.03. The molecule has 0 radical (unpaired) electrons. The van der Waals surface area contributed by atoms with Gasteiger partial charge in [0.1, 0.15) is 6.73 Å². The van der Waals surface area contributed by atoms with Crippen LogP contribution >= 0.6 is 11.6 Å². The molecule has 0 saturated carbocycles. The van der Waals surface area contributed by atoms with Gasteiger partial charge in [-0.3, -0.25) is 0 Å². The molecule has 0 aliphatic heterocycles. The van der Waals surface area contributed by atoms with Gasteiger partial charge in [0.25, 0.3) is 0 Å². The van der Waals surface area contributed by atoms with Gasteiger partial charge >= 0.3 is 0 Å². The molecule has 0 spiro atoms. The highest BCUT2D eigenvalue weighted by molar-refractivity contribution is 7.89. The van der Waals surface area contributed by atoms with Gasteiger partial charge in [-0.15, -0.1) is 0 Å². The quantitative estimate of drug-likeness (QED) is 0.734. The number of benzene rings is 1. The van der Waals surface area contributed by atoms with Gasteiger partial charge < -0.3 is 5.11 Å². The molecule has 1 aromatic rings. The van der Waals surface area contributed by atoms with Crippen molar-refractivity contribution in [2.24, 2.45) is 0 Å².